The Labute approximate surface area is 128 Å². The van der Waals surface area contributed by atoms with Crippen molar-refractivity contribution in [1.82, 2.24) is 0 Å². The number of hydrogen-bond acceptors (Lipinski definition) is 3. The number of anilines is 1. The molecule has 114 valence electrons. The van der Waals surface area contributed by atoms with Crippen molar-refractivity contribution in [1.29, 1.82) is 0 Å². The van der Waals surface area contributed by atoms with Gasteiger partial charge in [-0.1, -0.05) is 0 Å². The maximum absolute atomic E-state index is 13.3. The van der Waals surface area contributed by atoms with Crippen molar-refractivity contribution in [3.8, 4) is 11.5 Å². The van der Waals surface area contributed by atoms with Crippen molar-refractivity contribution >= 4 is 11.6 Å². The van der Waals surface area contributed by atoms with Crippen LogP contribution in [0.25, 0.3) is 0 Å². The van der Waals surface area contributed by atoms with Crippen LogP contribution >= 0.6 is 0 Å². The predicted molar refractivity (Wildman–Crippen MR) is 81.3 cm³/mol. The van der Waals surface area contributed by atoms with E-state index in [9.17, 15) is 9.18 Å². The van der Waals surface area contributed by atoms with Crippen LogP contribution in [0.15, 0.2) is 36.4 Å². The molecular weight excluding hydrogens is 285 g/mol. The van der Waals surface area contributed by atoms with Crippen LogP contribution in [0.4, 0.5) is 10.1 Å². The average Bonchev–Trinajstić information content (AvgIpc) is 2.96. The molecule has 0 aliphatic carbocycles. The zero-order chi connectivity index (χ0) is 15.7. The van der Waals surface area contributed by atoms with Gasteiger partial charge in [0.05, 0.1) is 14.2 Å². The summed E-state index contributed by atoms with van der Waals surface area (Å²) in [4.78, 5) is 14.4. The number of ether oxygens (including phenoxy) is 2. The van der Waals surface area contributed by atoms with Gasteiger partial charge in [0.1, 0.15) is 5.82 Å². The maximum atomic E-state index is 13.3. The first-order valence-electron chi connectivity index (χ1n) is 6.96. The van der Waals surface area contributed by atoms with E-state index in [2.05, 4.69) is 0 Å². The topological polar surface area (TPSA) is 38.8 Å². The number of nitrogens with zero attached hydrogens (tertiary/aromatic N) is 1. The largest absolute Gasteiger partial charge is 0.493 e. The molecule has 0 fully saturated rings. The van der Waals surface area contributed by atoms with E-state index in [0.29, 0.717) is 30.0 Å². The summed E-state index contributed by atoms with van der Waals surface area (Å²) in [6.07, 6.45) is 0.659. The molecule has 0 atom stereocenters. The molecule has 1 amide bonds. The second-order valence-corrected chi connectivity index (χ2v) is 5.05. The third kappa shape index (κ3) is 2.39. The molecule has 4 nitrogen and oxygen atoms in total. The Morgan fingerprint density at radius 3 is 2.59 bits per heavy atom. The second kappa shape index (κ2) is 5.67. The van der Waals surface area contributed by atoms with Gasteiger partial charge in [0.25, 0.3) is 5.91 Å². The van der Waals surface area contributed by atoms with Crippen LogP contribution in [0.1, 0.15) is 15.9 Å². The van der Waals surface area contributed by atoms with Crippen molar-refractivity contribution in [3.05, 3.63) is 53.3 Å². The highest BCUT2D eigenvalue weighted by Crippen LogP contribution is 2.32. The van der Waals surface area contributed by atoms with Gasteiger partial charge in [-0.15, -0.1) is 0 Å². The Bertz CT molecular complexity index is 730. The van der Waals surface area contributed by atoms with Crippen LogP contribution in [-0.2, 0) is 6.42 Å². The molecule has 5 heteroatoms. The molecule has 2 aromatic rings. The van der Waals surface area contributed by atoms with Crippen LogP contribution in [0.5, 0.6) is 11.5 Å². The van der Waals surface area contributed by atoms with Gasteiger partial charge in [0.2, 0.25) is 0 Å². The zero-order valence-electron chi connectivity index (χ0n) is 12.4. The lowest BCUT2D eigenvalue weighted by molar-refractivity contribution is 0.0989. The molecule has 1 heterocycles. The minimum absolute atomic E-state index is 0.133. The number of hydrogen-bond donors (Lipinski definition) is 0. The van der Waals surface area contributed by atoms with E-state index in [-0.39, 0.29) is 11.7 Å². The van der Waals surface area contributed by atoms with Crippen molar-refractivity contribution < 1.29 is 18.7 Å². The molecule has 1 aliphatic rings. The van der Waals surface area contributed by atoms with E-state index in [4.69, 9.17) is 9.47 Å². The summed E-state index contributed by atoms with van der Waals surface area (Å²) in [5.41, 5.74) is 2.13. The Kier molecular flexibility index (Phi) is 3.71. The Hall–Kier alpha value is -2.56. The van der Waals surface area contributed by atoms with Crippen LogP contribution in [0.2, 0.25) is 0 Å². The number of fused-ring (bicyclic) bond motifs is 1. The minimum atomic E-state index is -0.279. The Morgan fingerprint density at radius 2 is 1.86 bits per heavy atom. The standard InChI is InChI=1S/C17H16FNO3/c1-21-15-6-3-12(10-16(15)22-2)17(20)19-8-7-11-9-13(18)4-5-14(11)19/h3-6,9-10H,7-8H2,1-2H3. The lowest BCUT2D eigenvalue weighted by atomic mass is 10.1. The molecule has 0 radical (unpaired) electrons. The van der Waals surface area contributed by atoms with Gasteiger partial charge in [-0.3, -0.25) is 4.79 Å². The molecule has 0 bridgehead atoms. The van der Waals surface area contributed by atoms with Gasteiger partial charge in [0, 0.05) is 17.8 Å². The van der Waals surface area contributed by atoms with Crippen LogP contribution in [0, 0.1) is 5.82 Å². The van der Waals surface area contributed by atoms with E-state index in [1.165, 1.54) is 19.2 Å². The molecule has 22 heavy (non-hydrogen) atoms. The molecule has 0 saturated carbocycles. The maximum Gasteiger partial charge on any atom is 0.258 e. The highest BCUT2D eigenvalue weighted by molar-refractivity contribution is 6.07. The summed E-state index contributed by atoms with van der Waals surface area (Å²) in [6.45, 7) is 0.548. The highest BCUT2D eigenvalue weighted by atomic mass is 19.1. The third-order valence-corrected chi connectivity index (χ3v) is 3.81. The van der Waals surface area contributed by atoms with E-state index in [1.54, 1.807) is 36.3 Å². The molecule has 1 aliphatic heterocycles. The number of halogens is 1. The number of benzene rings is 2. The number of methoxy groups -OCH3 is 2. The SMILES string of the molecule is COc1ccc(C(=O)N2CCc3cc(F)ccc32)cc1OC. The fourth-order valence-corrected chi connectivity index (χ4v) is 2.71. The minimum Gasteiger partial charge on any atom is -0.493 e. The molecule has 0 N–H and O–H groups in total. The lowest BCUT2D eigenvalue weighted by Crippen LogP contribution is -2.28. The number of carbonyl (C=O) groups excluding carboxylic acids is 1. The van der Waals surface area contributed by atoms with Crippen molar-refractivity contribution in [2.24, 2.45) is 0 Å². The van der Waals surface area contributed by atoms with Gasteiger partial charge in [0.15, 0.2) is 11.5 Å². The molecule has 0 saturated heterocycles. The van der Waals surface area contributed by atoms with Crippen molar-refractivity contribution in [2.45, 2.75) is 6.42 Å². The molecule has 0 spiro atoms. The Balaban J connectivity index is 1.93. The molecule has 2 aromatic carbocycles. The summed E-state index contributed by atoms with van der Waals surface area (Å²) in [5, 5.41) is 0. The van der Waals surface area contributed by atoms with Gasteiger partial charge in [-0.05, 0) is 48.4 Å². The van der Waals surface area contributed by atoms with Crippen LogP contribution in [-0.4, -0.2) is 26.7 Å². The monoisotopic (exact) mass is 301 g/mol. The normalized spacial score (nSPS) is 13.0. The van der Waals surface area contributed by atoms with E-state index in [1.807, 2.05) is 0 Å². The molecular formula is C17H16FNO3. The second-order valence-electron chi connectivity index (χ2n) is 5.05. The van der Waals surface area contributed by atoms with E-state index >= 15 is 0 Å². The highest BCUT2D eigenvalue weighted by Gasteiger charge is 2.26. The summed E-state index contributed by atoms with van der Waals surface area (Å²) in [5.74, 6) is 0.667. The van der Waals surface area contributed by atoms with Crippen LogP contribution in [0.3, 0.4) is 0 Å². The van der Waals surface area contributed by atoms with Crippen molar-refractivity contribution in [3.63, 3.8) is 0 Å². The zero-order valence-corrected chi connectivity index (χ0v) is 12.4. The number of amides is 1. The average molecular weight is 301 g/mol. The first kappa shape index (κ1) is 14.4. The smallest absolute Gasteiger partial charge is 0.258 e. The number of rotatable bonds is 3. The first-order valence-corrected chi connectivity index (χ1v) is 6.96. The fraction of sp³-hybridized carbons (Fsp3) is 0.235. The van der Waals surface area contributed by atoms with Gasteiger partial charge < -0.3 is 14.4 Å². The molecule has 0 aromatic heterocycles. The molecule has 3 rings (SSSR count). The molecule has 0 unspecified atom stereocenters. The summed E-state index contributed by atoms with van der Waals surface area (Å²) in [7, 11) is 3.07. The van der Waals surface area contributed by atoms with E-state index < -0.39 is 0 Å². The third-order valence-electron chi connectivity index (χ3n) is 3.81. The Morgan fingerprint density at radius 1 is 1.09 bits per heavy atom. The fourth-order valence-electron chi connectivity index (χ4n) is 2.71. The van der Waals surface area contributed by atoms with Gasteiger partial charge in [-0.2, -0.15) is 0 Å². The van der Waals surface area contributed by atoms with Gasteiger partial charge in [-0.25, -0.2) is 4.39 Å². The summed E-state index contributed by atoms with van der Waals surface area (Å²) >= 11 is 0. The van der Waals surface area contributed by atoms with Gasteiger partial charge >= 0.3 is 0 Å². The summed E-state index contributed by atoms with van der Waals surface area (Å²) < 4.78 is 23.7. The summed E-state index contributed by atoms with van der Waals surface area (Å²) in [6, 6.07) is 9.56. The quantitative estimate of drug-likeness (QED) is 0.874. The van der Waals surface area contributed by atoms with Crippen LogP contribution < -0.4 is 14.4 Å². The van der Waals surface area contributed by atoms with E-state index in [0.717, 1.165) is 11.3 Å². The number of carbonyl (C=O) groups is 1. The predicted octanol–water partition coefficient (Wildman–Crippen LogP) is 3.05. The van der Waals surface area contributed by atoms with Crippen molar-refractivity contribution in [2.75, 3.05) is 25.7 Å². The lowest BCUT2D eigenvalue weighted by Gasteiger charge is -2.18. The first-order chi connectivity index (χ1) is 10.6.